The number of nitrogens with zero attached hydrogens (tertiary/aromatic N) is 3. The Hall–Kier alpha value is -2.78. The predicted molar refractivity (Wildman–Crippen MR) is 104 cm³/mol. The maximum Gasteiger partial charge on any atom is 0.268 e. The first-order valence-electron chi connectivity index (χ1n) is 9.08. The Bertz CT molecular complexity index is 1020. The molecule has 0 radical (unpaired) electrons. The predicted octanol–water partition coefficient (Wildman–Crippen LogP) is 2.23. The molecule has 0 aliphatic carbocycles. The summed E-state index contributed by atoms with van der Waals surface area (Å²) in [6, 6.07) is 7.01. The Morgan fingerprint density at radius 2 is 2.32 bits per heavy atom. The molecule has 1 aliphatic heterocycles. The maximum atomic E-state index is 12.6. The lowest BCUT2D eigenvalue weighted by Gasteiger charge is -2.12. The normalized spacial score (nSPS) is 16.4. The molecule has 1 aliphatic rings. The minimum Gasteiger partial charge on any atom is -0.376 e. The second-order valence-corrected chi connectivity index (χ2v) is 7.60. The van der Waals surface area contributed by atoms with Gasteiger partial charge < -0.3 is 14.6 Å². The lowest BCUT2D eigenvalue weighted by molar-refractivity contribution is -0.122. The van der Waals surface area contributed by atoms with Crippen LogP contribution in [0.5, 0.6) is 0 Å². The van der Waals surface area contributed by atoms with Crippen molar-refractivity contribution in [2.45, 2.75) is 32.4 Å². The first-order valence-corrected chi connectivity index (χ1v) is 9.96. The standard InChI is InChI=1S/C19H20N4O4S/c1-12-8-15(27-22-12)14-9-18(25)23(21-19(14)16-5-3-7-28-16)11-17(24)20-10-13-4-2-6-26-13/h3,5,7-9,13H,2,4,6,10-11H2,1H3,(H,20,24)/t13-/m1/s1. The van der Waals surface area contributed by atoms with E-state index in [4.69, 9.17) is 9.26 Å². The number of hydrogen-bond acceptors (Lipinski definition) is 7. The Morgan fingerprint density at radius 3 is 3.00 bits per heavy atom. The molecule has 9 heteroatoms. The molecule has 3 aromatic rings. The second kappa shape index (κ2) is 8.07. The average molecular weight is 400 g/mol. The maximum absolute atomic E-state index is 12.6. The number of aromatic nitrogens is 3. The zero-order valence-corrected chi connectivity index (χ0v) is 16.2. The molecule has 1 saturated heterocycles. The highest BCUT2D eigenvalue weighted by molar-refractivity contribution is 7.13. The van der Waals surface area contributed by atoms with Gasteiger partial charge in [0.2, 0.25) is 5.91 Å². The summed E-state index contributed by atoms with van der Waals surface area (Å²) >= 11 is 1.50. The van der Waals surface area contributed by atoms with Gasteiger partial charge >= 0.3 is 0 Å². The van der Waals surface area contributed by atoms with Crippen molar-refractivity contribution in [1.29, 1.82) is 0 Å². The van der Waals surface area contributed by atoms with Crippen molar-refractivity contribution in [3.63, 3.8) is 0 Å². The third-order valence-electron chi connectivity index (χ3n) is 4.49. The topological polar surface area (TPSA) is 99.2 Å². The first-order chi connectivity index (χ1) is 13.6. The average Bonchev–Trinajstić information content (AvgIpc) is 3.44. The van der Waals surface area contributed by atoms with Gasteiger partial charge in [-0.05, 0) is 31.2 Å². The van der Waals surface area contributed by atoms with E-state index >= 15 is 0 Å². The Kier molecular flexibility index (Phi) is 5.36. The quantitative estimate of drug-likeness (QED) is 0.681. The second-order valence-electron chi connectivity index (χ2n) is 6.65. The summed E-state index contributed by atoms with van der Waals surface area (Å²) in [6.45, 7) is 2.83. The van der Waals surface area contributed by atoms with Crippen molar-refractivity contribution in [3.05, 3.63) is 45.7 Å². The summed E-state index contributed by atoms with van der Waals surface area (Å²) in [6.07, 6.45) is 1.99. The third-order valence-corrected chi connectivity index (χ3v) is 5.37. The van der Waals surface area contributed by atoms with Crippen LogP contribution in [-0.2, 0) is 16.1 Å². The Labute approximate surface area is 165 Å². The fraction of sp³-hybridized carbons (Fsp3) is 0.368. The summed E-state index contributed by atoms with van der Waals surface area (Å²) in [5, 5.41) is 13.1. The number of nitrogens with one attached hydrogen (secondary N) is 1. The highest BCUT2D eigenvalue weighted by atomic mass is 32.1. The number of ether oxygens (including phenoxy) is 1. The smallest absolute Gasteiger partial charge is 0.268 e. The van der Waals surface area contributed by atoms with Crippen molar-refractivity contribution < 1.29 is 14.1 Å². The number of thiophene rings is 1. The van der Waals surface area contributed by atoms with E-state index in [1.54, 1.807) is 6.07 Å². The molecule has 1 amide bonds. The molecule has 1 atom stereocenters. The van der Waals surface area contributed by atoms with E-state index in [1.807, 2.05) is 24.4 Å². The summed E-state index contributed by atoms with van der Waals surface area (Å²) in [5.74, 6) is 0.200. The van der Waals surface area contributed by atoms with Crippen LogP contribution in [-0.4, -0.2) is 40.1 Å². The van der Waals surface area contributed by atoms with Crippen molar-refractivity contribution in [2.24, 2.45) is 0 Å². The highest BCUT2D eigenvalue weighted by Crippen LogP contribution is 2.32. The minimum atomic E-state index is -0.378. The summed E-state index contributed by atoms with van der Waals surface area (Å²) in [7, 11) is 0. The molecule has 0 spiro atoms. The lowest BCUT2D eigenvalue weighted by Crippen LogP contribution is -2.37. The number of hydrogen-bond donors (Lipinski definition) is 1. The van der Waals surface area contributed by atoms with Gasteiger partial charge in [0.15, 0.2) is 5.76 Å². The molecule has 4 rings (SSSR count). The van der Waals surface area contributed by atoms with E-state index in [-0.39, 0.29) is 24.1 Å². The molecular formula is C19H20N4O4S. The molecule has 0 unspecified atom stereocenters. The van der Waals surface area contributed by atoms with Crippen LogP contribution < -0.4 is 10.9 Å². The zero-order chi connectivity index (χ0) is 19.5. The largest absolute Gasteiger partial charge is 0.376 e. The SMILES string of the molecule is Cc1cc(-c2cc(=O)n(CC(=O)NC[C@H]3CCCO3)nc2-c2cccs2)on1. The van der Waals surface area contributed by atoms with Crippen LogP contribution >= 0.6 is 11.3 Å². The highest BCUT2D eigenvalue weighted by Gasteiger charge is 2.19. The van der Waals surface area contributed by atoms with E-state index < -0.39 is 0 Å². The van der Waals surface area contributed by atoms with Crippen LogP contribution in [0.3, 0.4) is 0 Å². The number of carbonyl (C=O) groups is 1. The van der Waals surface area contributed by atoms with E-state index in [0.29, 0.717) is 29.3 Å². The molecule has 1 N–H and O–H groups in total. The van der Waals surface area contributed by atoms with Crippen molar-refractivity contribution in [2.75, 3.05) is 13.2 Å². The summed E-state index contributed by atoms with van der Waals surface area (Å²) < 4.78 is 12.0. The van der Waals surface area contributed by atoms with Crippen LogP contribution in [0.1, 0.15) is 18.5 Å². The van der Waals surface area contributed by atoms with E-state index in [1.165, 1.54) is 22.1 Å². The van der Waals surface area contributed by atoms with Crippen molar-refractivity contribution in [3.8, 4) is 21.9 Å². The van der Waals surface area contributed by atoms with Crippen LogP contribution in [0.4, 0.5) is 0 Å². The number of rotatable bonds is 6. The Morgan fingerprint density at radius 1 is 1.43 bits per heavy atom. The van der Waals surface area contributed by atoms with E-state index in [0.717, 1.165) is 24.3 Å². The van der Waals surface area contributed by atoms with Gasteiger partial charge in [-0.25, -0.2) is 4.68 Å². The van der Waals surface area contributed by atoms with Gasteiger partial charge in [0.1, 0.15) is 12.2 Å². The van der Waals surface area contributed by atoms with Gasteiger partial charge in [0, 0.05) is 25.3 Å². The van der Waals surface area contributed by atoms with Crippen molar-refractivity contribution >= 4 is 17.2 Å². The van der Waals surface area contributed by atoms with Gasteiger partial charge in [-0.1, -0.05) is 11.2 Å². The lowest BCUT2D eigenvalue weighted by atomic mass is 10.1. The molecule has 146 valence electrons. The third kappa shape index (κ3) is 4.05. The summed E-state index contributed by atoms with van der Waals surface area (Å²) in [4.78, 5) is 25.7. The van der Waals surface area contributed by atoms with Gasteiger partial charge in [-0.2, -0.15) is 5.10 Å². The summed E-state index contributed by atoms with van der Waals surface area (Å²) in [5.41, 5.74) is 1.48. The van der Waals surface area contributed by atoms with Crippen LogP contribution in [0.2, 0.25) is 0 Å². The zero-order valence-electron chi connectivity index (χ0n) is 15.4. The molecule has 4 heterocycles. The first kappa shape index (κ1) is 18.6. The van der Waals surface area contributed by atoms with Gasteiger partial charge in [-0.3, -0.25) is 9.59 Å². The number of aryl methyl sites for hydroxylation is 1. The van der Waals surface area contributed by atoms with Gasteiger partial charge in [0.05, 0.1) is 22.2 Å². The van der Waals surface area contributed by atoms with Gasteiger partial charge in [0.25, 0.3) is 5.56 Å². The van der Waals surface area contributed by atoms with E-state index in [2.05, 4.69) is 15.6 Å². The fourth-order valence-electron chi connectivity index (χ4n) is 3.10. The van der Waals surface area contributed by atoms with E-state index in [9.17, 15) is 9.59 Å². The molecule has 1 fully saturated rings. The number of amides is 1. The molecule has 28 heavy (non-hydrogen) atoms. The molecule has 0 aromatic carbocycles. The molecule has 8 nitrogen and oxygen atoms in total. The number of carbonyl (C=O) groups excluding carboxylic acids is 1. The van der Waals surface area contributed by atoms with Gasteiger partial charge in [-0.15, -0.1) is 11.3 Å². The van der Waals surface area contributed by atoms with Crippen LogP contribution in [0.25, 0.3) is 21.9 Å². The van der Waals surface area contributed by atoms with Crippen LogP contribution in [0.15, 0.2) is 39.0 Å². The minimum absolute atomic E-state index is 0.0485. The Balaban J connectivity index is 1.60. The van der Waals surface area contributed by atoms with Crippen molar-refractivity contribution in [1.82, 2.24) is 20.3 Å². The molecule has 0 bridgehead atoms. The fourth-order valence-corrected chi connectivity index (χ4v) is 3.83. The molecule has 3 aromatic heterocycles. The monoisotopic (exact) mass is 400 g/mol. The molecular weight excluding hydrogens is 380 g/mol. The van der Waals surface area contributed by atoms with Crippen LogP contribution in [0, 0.1) is 6.92 Å². The molecule has 0 saturated carbocycles.